The number of amides is 3. The van der Waals surface area contributed by atoms with Crippen molar-refractivity contribution in [2.24, 2.45) is 0 Å². The molecule has 3 aromatic rings. The highest BCUT2D eigenvalue weighted by molar-refractivity contribution is 7.89. The molecule has 4 rings (SSSR count). The van der Waals surface area contributed by atoms with E-state index in [1.165, 1.54) is 24.3 Å². The quantitative estimate of drug-likeness (QED) is 0.647. The van der Waals surface area contributed by atoms with Gasteiger partial charge in [-0.1, -0.05) is 72.3 Å². The summed E-state index contributed by atoms with van der Waals surface area (Å²) in [5.74, 6) is -0.738. The molecule has 1 aliphatic rings. The molecule has 1 aliphatic heterocycles. The summed E-state index contributed by atoms with van der Waals surface area (Å²) in [4.78, 5) is 25.9. The van der Waals surface area contributed by atoms with Gasteiger partial charge in [-0.05, 0) is 35.4 Å². The highest BCUT2D eigenvalue weighted by atomic mass is 35.5. The lowest BCUT2D eigenvalue weighted by Crippen LogP contribution is -2.50. The van der Waals surface area contributed by atoms with Gasteiger partial charge < -0.3 is 0 Å². The average molecular weight is 427 g/mol. The first kappa shape index (κ1) is 19.2. The summed E-state index contributed by atoms with van der Waals surface area (Å²) in [5, 5.41) is 2.54. The molecular weight excluding hydrogens is 412 g/mol. The number of rotatable bonds is 4. The monoisotopic (exact) mass is 426 g/mol. The van der Waals surface area contributed by atoms with Gasteiger partial charge in [0.1, 0.15) is 0 Å². The highest BCUT2D eigenvalue weighted by Crippen LogP contribution is 2.43. The highest BCUT2D eigenvalue weighted by Gasteiger charge is 2.60. The molecule has 3 amide bonds. The number of imide groups is 1. The maximum Gasteiger partial charge on any atom is 0.339 e. The fraction of sp³-hybridized carbons (Fsp3) is 0.0476. The lowest BCUT2D eigenvalue weighted by Gasteiger charge is -2.35. The van der Waals surface area contributed by atoms with Crippen LogP contribution in [0.25, 0.3) is 0 Å². The molecular formula is C21H15ClN2O4S. The third-order valence-electron chi connectivity index (χ3n) is 4.77. The summed E-state index contributed by atoms with van der Waals surface area (Å²) in [6.45, 7) is 0. The molecule has 1 fully saturated rings. The summed E-state index contributed by atoms with van der Waals surface area (Å²) in [6, 6.07) is 21.1. The molecule has 0 atom stereocenters. The van der Waals surface area contributed by atoms with Crippen molar-refractivity contribution in [3.63, 3.8) is 0 Å². The zero-order valence-corrected chi connectivity index (χ0v) is 16.5. The van der Waals surface area contributed by atoms with E-state index in [2.05, 4.69) is 5.32 Å². The zero-order chi connectivity index (χ0) is 20.6. The van der Waals surface area contributed by atoms with E-state index >= 15 is 0 Å². The molecule has 0 unspecified atom stereocenters. The van der Waals surface area contributed by atoms with E-state index in [0.29, 0.717) is 20.5 Å². The largest absolute Gasteiger partial charge is 0.339 e. The number of urea groups is 1. The topological polar surface area (TPSA) is 83.6 Å². The van der Waals surface area contributed by atoms with E-state index in [4.69, 9.17) is 11.6 Å². The Hall–Kier alpha value is -3.16. The van der Waals surface area contributed by atoms with Crippen LogP contribution in [0.5, 0.6) is 0 Å². The molecule has 146 valence electrons. The van der Waals surface area contributed by atoms with Crippen LogP contribution < -0.4 is 5.32 Å². The second-order valence-corrected chi connectivity index (χ2v) is 8.65. The minimum atomic E-state index is -4.40. The molecule has 0 saturated carbocycles. The summed E-state index contributed by atoms with van der Waals surface area (Å²) < 4.78 is 27.7. The van der Waals surface area contributed by atoms with Gasteiger partial charge in [0.2, 0.25) is 0 Å². The van der Waals surface area contributed by atoms with Crippen LogP contribution >= 0.6 is 11.6 Å². The van der Waals surface area contributed by atoms with E-state index in [1.54, 1.807) is 60.7 Å². The second kappa shape index (κ2) is 7.02. The Labute approximate surface area is 172 Å². The SMILES string of the molecule is O=C1NC(=O)C(c2ccccc2)(c2ccccc2)N1S(=O)(=O)c1ccc(Cl)cc1. The number of sulfonamides is 1. The van der Waals surface area contributed by atoms with Gasteiger partial charge in [-0.25, -0.2) is 13.2 Å². The molecule has 29 heavy (non-hydrogen) atoms. The van der Waals surface area contributed by atoms with E-state index in [0.717, 1.165) is 0 Å². The van der Waals surface area contributed by atoms with Crippen molar-refractivity contribution in [1.29, 1.82) is 0 Å². The smallest absolute Gasteiger partial charge is 0.274 e. The molecule has 0 radical (unpaired) electrons. The third-order valence-corrected chi connectivity index (χ3v) is 6.81. The number of carbonyl (C=O) groups excluding carboxylic acids is 2. The summed E-state index contributed by atoms with van der Waals surface area (Å²) in [7, 11) is -4.40. The molecule has 6 nitrogen and oxygen atoms in total. The first-order valence-corrected chi connectivity index (χ1v) is 10.5. The minimum absolute atomic E-state index is 0.150. The first-order chi connectivity index (χ1) is 13.9. The van der Waals surface area contributed by atoms with Gasteiger partial charge in [0, 0.05) is 5.02 Å². The standard InChI is InChI=1S/C21H15ClN2O4S/c22-17-11-13-18(14-12-17)29(27,28)24-20(26)23-19(25)21(24,15-7-3-1-4-8-15)16-9-5-2-6-10-16/h1-14H,(H,23,25,26). The van der Waals surface area contributed by atoms with E-state index in [1.807, 2.05) is 0 Å². The Bertz CT molecular complexity index is 1140. The fourth-order valence-electron chi connectivity index (χ4n) is 3.51. The Kier molecular flexibility index (Phi) is 4.64. The maximum atomic E-state index is 13.5. The van der Waals surface area contributed by atoms with E-state index < -0.39 is 27.5 Å². The summed E-state index contributed by atoms with van der Waals surface area (Å²) in [5.41, 5.74) is -1.17. The zero-order valence-electron chi connectivity index (χ0n) is 14.9. The van der Waals surface area contributed by atoms with Gasteiger partial charge in [-0.15, -0.1) is 0 Å². The van der Waals surface area contributed by atoms with Crippen LogP contribution in [0.2, 0.25) is 5.02 Å². The van der Waals surface area contributed by atoms with Crippen molar-refractivity contribution in [1.82, 2.24) is 9.62 Å². The van der Waals surface area contributed by atoms with Crippen LogP contribution in [-0.2, 0) is 20.4 Å². The van der Waals surface area contributed by atoms with Gasteiger partial charge in [0.15, 0.2) is 5.54 Å². The predicted molar refractivity (Wildman–Crippen MR) is 108 cm³/mol. The average Bonchev–Trinajstić information content (AvgIpc) is 3.01. The van der Waals surface area contributed by atoms with E-state index in [9.17, 15) is 18.0 Å². The van der Waals surface area contributed by atoms with Gasteiger partial charge in [0.25, 0.3) is 15.9 Å². The molecule has 0 aliphatic carbocycles. The molecule has 0 bridgehead atoms. The van der Waals surface area contributed by atoms with Crippen LogP contribution in [0.1, 0.15) is 11.1 Å². The Morgan fingerprint density at radius 2 is 1.24 bits per heavy atom. The van der Waals surface area contributed by atoms with Gasteiger partial charge in [0.05, 0.1) is 4.90 Å². The fourth-order valence-corrected chi connectivity index (χ4v) is 5.24. The van der Waals surface area contributed by atoms with E-state index in [-0.39, 0.29) is 4.90 Å². The molecule has 3 aromatic carbocycles. The van der Waals surface area contributed by atoms with Gasteiger partial charge >= 0.3 is 6.03 Å². The Balaban J connectivity index is 2.04. The summed E-state index contributed by atoms with van der Waals surface area (Å²) in [6.07, 6.45) is 0. The number of hydrogen-bond acceptors (Lipinski definition) is 4. The van der Waals surface area contributed by atoms with Crippen molar-refractivity contribution in [3.8, 4) is 0 Å². The normalized spacial score (nSPS) is 16.0. The molecule has 8 heteroatoms. The first-order valence-electron chi connectivity index (χ1n) is 8.66. The van der Waals surface area contributed by atoms with Crippen LogP contribution in [-0.4, -0.2) is 24.7 Å². The molecule has 0 spiro atoms. The van der Waals surface area contributed by atoms with Crippen molar-refractivity contribution in [2.45, 2.75) is 10.4 Å². The Morgan fingerprint density at radius 1 is 0.759 bits per heavy atom. The Morgan fingerprint density at radius 3 is 1.72 bits per heavy atom. The number of halogens is 1. The second-order valence-electron chi connectivity index (χ2n) is 6.43. The van der Waals surface area contributed by atoms with Crippen molar-refractivity contribution < 1.29 is 18.0 Å². The van der Waals surface area contributed by atoms with Crippen molar-refractivity contribution in [3.05, 3.63) is 101 Å². The van der Waals surface area contributed by atoms with Crippen molar-refractivity contribution in [2.75, 3.05) is 0 Å². The lowest BCUT2D eigenvalue weighted by molar-refractivity contribution is -0.124. The number of hydrogen-bond donors (Lipinski definition) is 1. The molecule has 1 N–H and O–H groups in total. The van der Waals surface area contributed by atoms with Crippen LogP contribution in [0.15, 0.2) is 89.8 Å². The van der Waals surface area contributed by atoms with Crippen molar-refractivity contribution >= 4 is 33.6 Å². The predicted octanol–water partition coefficient (Wildman–Crippen LogP) is 3.52. The van der Waals surface area contributed by atoms with Crippen LogP contribution in [0, 0.1) is 0 Å². The summed E-state index contributed by atoms with van der Waals surface area (Å²) >= 11 is 5.88. The third kappa shape index (κ3) is 2.90. The number of carbonyl (C=O) groups is 2. The van der Waals surface area contributed by atoms with Crippen LogP contribution in [0.3, 0.4) is 0 Å². The molecule has 1 heterocycles. The molecule has 0 aromatic heterocycles. The van der Waals surface area contributed by atoms with Crippen LogP contribution in [0.4, 0.5) is 4.79 Å². The minimum Gasteiger partial charge on any atom is -0.274 e. The lowest BCUT2D eigenvalue weighted by atomic mass is 9.83. The van der Waals surface area contributed by atoms with Gasteiger partial charge in [-0.3, -0.25) is 10.1 Å². The number of nitrogens with one attached hydrogen (secondary N) is 1. The maximum absolute atomic E-state index is 13.5. The van der Waals surface area contributed by atoms with Gasteiger partial charge in [-0.2, -0.15) is 4.31 Å². The number of benzene rings is 3. The number of nitrogens with zero attached hydrogens (tertiary/aromatic N) is 1. The molecule has 1 saturated heterocycles.